The zero-order chi connectivity index (χ0) is 13.7. The summed E-state index contributed by atoms with van der Waals surface area (Å²) in [6, 6.07) is 4.73. The van der Waals surface area contributed by atoms with Crippen LogP contribution in [0.1, 0.15) is 26.8 Å². The van der Waals surface area contributed by atoms with Gasteiger partial charge < -0.3 is 19.6 Å². The third-order valence-electron chi connectivity index (χ3n) is 2.30. The molecule has 7 heteroatoms. The molecule has 0 saturated heterocycles. The number of nitrogens with zero attached hydrogens (tertiary/aromatic N) is 1. The second-order valence-corrected chi connectivity index (χ2v) is 3.81. The Kier molecular flexibility index (Phi) is 3.97. The van der Waals surface area contributed by atoms with Crippen molar-refractivity contribution < 1.29 is 18.5 Å². The summed E-state index contributed by atoms with van der Waals surface area (Å²) >= 11 is 0. The van der Waals surface area contributed by atoms with Crippen LogP contribution in [0.15, 0.2) is 33.4 Å². The van der Waals surface area contributed by atoms with E-state index in [-0.39, 0.29) is 29.8 Å². The molecule has 0 atom stereocenters. The highest BCUT2D eigenvalue weighted by molar-refractivity contribution is 5.92. The van der Waals surface area contributed by atoms with E-state index in [4.69, 9.17) is 8.94 Å². The van der Waals surface area contributed by atoms with Crippen molar-refractivity contribution in [2.45, 2.75) is 6.92 Å². The SMILES string of the molecule is Cc1cc(C(=O)NCCNC(=O)c2ccco2)no1. The summed E-state index contributed by atoms with van der Waals surface area (Å²) in [6.45, 7) is 2.28. The van der Waals surface area contributed by atoms with Crippen LogP contribution in [0.3, 0.4) is 0 Å². The van der Waals surface area contributed by atoms with E-state index in [1.54, 1.807) is 19.1 Å². The number of aromatic nitrogens is 1. The highest BCUT2D eigenvalue weighted by Gasteiger charge is 2.11. The first-order chi connectivity index (χ1) is 9.16. The lowest BCUT2D eigenvalue weighted by Crippen LogP contribution is -2.34. The van der Waals surface area contributed by atoms with E-state index in [0.29, 0.717) is 12.3 Å². The van der Waals surface area contributed by atoms with E-state index in [9.17, 15) is 9.59 Å². The van der Waals surface area contributed by atoms with Crippen molar-refractivity contribution in [3.8, 4) is 0 Å². The molecule has 0 aliphatic carbocycles. The Morgan fingerprint density at radius 2 is 2.00 bits per heavy atom. The zero-order valence-corrected chi connectivity index (χ0v) is 10.3. The van der Waals surface area contributed by atoms with Gasteiger partial charge in [-0.2, -0.15) is 0 Å². The number of rotatable bonds is 5. The number of hydrogen-bond acceptors (Lipinski definition) is 5. The summed E-state index contributed by atoms with van der Waals surface area (Å²) in [6.07, 6.45) is 1.42. The van der Waals surface area contributed by atoms with Crippen molar-refractivity contribution in [3.05, 3.63) is 41.7 Å². The number of hydrogen-bond donors (Lipinski definition) is 2. The molecule has 2 rings (SSSR count). The normalized spacial score (nSPS) is 10.2. The molecule has 2 amide bonds. The minimum Gasteiger partial charge on any atom is -0.459 e. The van der Waals surface area contributed by atoms with Crippen LogP contribution >= 0.6 is 0 Å². The lowest BCUT2D eigenvalue weighted by Gasteiger charge is -2.04. The molecule has 2 aromatic rings. The van der Waals surface area contributed by atoms with Gasteiger partial charge in [0.1, 0.15) is 5.76 Å². The van der Waals surface area contributed by atoms with E-state index < -0.39 is 0 Å². The summed E-state index contributed by atoms with van der Waals surface area (Å²) in [5, 5.41) is 8.79. The Bertz CT molecular complexity index is 559. The summed E-state index contributed by atoms with van der Waals surface area (Å²) in [4.78, 5) is 23.0. The maximum atomic E-state index is 11.6. The van der Waals surface area contributed by atoms with Crippen LogP contribution in [0, 0.1) is 6.92 Å². The topological polar surface area (TPSA) is 97.4 Å². The number of carbonyl (C=O) groups excluding carboxylic acids is 2. The molecule has 0 bridgehead atoms. The molecule has 19 heavy (non-hydrogen) atoms. The van der Waals surface area contributed by atoms with Crippen LogP contribution in [0.4, 0.5) is 0 Å². The standard InChI is InChI=1S/C12H13N3O4/c1-8-7-9(15-19-8)11(16)13-4-5-14-12(17)10-3-2-6-18-10/h2-3,6-7H,4-5H2,1H3,(H,13,16)(H,14,17). The predicted octanol–water partition coefficient (Wildman–Crippen LogP) is 0.736. The van der Waals surface area contributed by atoms with Crippen LogP contribution in [0.5, 0.6) is 0 Å². The van der Waals surface area contributed by atoms with Crippen LogP contribution < -0.4 is 10.6 Å². The average Bonchev–Trinajstić information content (AvgIpc) is 3.04. The van der Waals surface area contributed by atoms with Crippen LogP contribution in [-0.4, -0.2) is 30.1 Å². The first kappa shape index (κ1) is 12.9. The van der Waals surface area contributed by atoms with E-state index in [1.165, 1.54) is 12.3 Å². The maximum Gasteiger partial charge on any atom is 0.287 e. The lowest BCUT2D eigenvalue weighted by atomic mass is 10.3. The Labute approximate surface area is 108 Å². The maximum absolute atomic E-state index is 11.6. The Morgan fingerprint density at radius 1 is 1.26 bits per heavy atom. The Morgan fingerprint density at radius 3 is 2.58 bits per heavy atom. The van der Waals surface area contributed by atoms with Gasteiger partial charge in [0.05, 0.1) is 6.26 Å². The average molecular weight is 263 g/mol. The van der Waals surface area contributed by atoms with Crippen molar-refractivity contribution in [1.82, 2.24) is 15.8 Å². The number of amides is 2. The summed E-state index contributed by atoms with van der Waals surface area (Å²) in [7, 11) is 0. The molecule has 0 fully saturated rings. The fourth-order valence-corrected chi connectivity index (χ4v) is 1.41. The molecule has 2 heterocycles. The quantitative estimate of drug-likeness (QED) is 0.775. The molecule has 0 saturated carbocycles. The second-order valence-electron chi connectivity index (χ2n) is 3.81. The van der Waals surface area contributed by atoms with Gasteiger partial charge in [-0.15, -0.1) is 0 Å². The summed E-state index contributed by atoms with van der Waals surface area (Å²) in [5.41, 5.74) is 0.217. The molecule has 0 spiro atoms. The molecular formula is C12H13N3O4. The van der Waals surface area contributed by atoms with Crippen LogP contribution in [0.2, 0.25) is 0 Å². The number of furan rings is 1. The van der Waals surface area contributed by atoms with Gasteiger partial charge in [-0.3, -0.25) is 9.59 Å². The molecule has 7 nitrogen and oxygen atoms in total. The van der Waals surface area contributed by atoms with E-state index in [1.807, 2.05) is 0 Å². The first-order valence-corrected chi connectivity index (χ1v) is 5.70. The van der Waals surface area contributed by atoms with Crippen molar-refractivity contribution in [2.75, 3.05) is 13.1 Å². The smallest absolute Gasteiger partial charge is 0.287 e. The third-order valence-corrected chi connectivity index (χ3v) is 2.30. The largest absolute Gasteiger partial charge is 0.459 e. The van der Waals surface area contributed by atoms with Crippen molar-refractivity contribution in [3.63, 3.8) is 0 Å². The second kappa shape index (κ2) is 5.85. The van der Waals surface area contributed by atoms with E-state index >= 15 is 0 Å². The number of nitrogens with one attached hydrogen (secondary N) is 2. The molecule has 0 radical (unpaired) electrons. The molecular weight excluding hydrogens is 250 g/mol. The van der Waals surface area contributed by atoms with E-state index in [2.05, 4.69) is 15.8 Å². The van der Waals surface area contributed by atoms with Crippen LogP contribution in [0.25, 0.3) is 0 Å². The highest BCUT2D eigenvalue weighted by Crippen LogP contribution is 2.00. The van der Waals surface area contributed by atoms with Gasteiger partial charge in [0, 0.05) is 19.2 Å². The predicted molar refractivity (Wildman–Crippen MR) is 64.6 cm³/mol. The van der Waals surface area contributed by atoms with Gasteiger partial charge in [0.25, 0.3) is 11.8 Å². The first-order valence-electron chi connectivity index (χ1n) is 5.70. The van der Waals surface area contributed by atoms with Crippen molar-refractivity contribution in [1.29, 1.82) is 0 Å². The van der Waals surface area contributed by atoms with Gasteiger partial charge in [-0.05, 0) is 19.1 Å². The van der Waals surface area contributed by atoms with Crippen molar-refractivity contribution in [2.24, 2.45) is 0 Å². The Balaban J connectivity index is 1.70. The molecule has 0 aliphatic rings. The van der Waals surface area contributed by atoms with Gasteiger partial charge >= 0.3 is 0 Å². The fraction of sp³-hybridized carbons (Fsp3) is 0.250. The van der Waals surface area contributed by atoms with Crippen LogP contribution in [-0.2, 0) is 0 Å². The zero-order valence-electron chi connectivity index (χ0n) is 10.3. The molecule has 100 valence electrons. The molecule has 2 aromatic heterocycles. The molecule has 0 aliphatic heterocycles. The fourth-order valence-electron chi connectivity index (χ4n) is 1.41. The van der Waals surface area contributed by atoms with Gasteiger partial charge in [-0.1, -0.05) is 5.16 Å². The summed E-state index contributed by atoms with van der Waals surface area (Å²) < 4.78 is 9.71. The minimum atomic E-state index is -0.343. The molecule has 2 N–H and O–H groups in total. The third kappa shape index (κ3) is 3.44. The Hall–Kier alpha value is -2.57. The van der Waals surface area contributed by atoms with Crippen molar-refractivity contribution >= 4 is 11.8 Å². The van der Waals surface area contributed by atoms with Gasteiger partial charge in [-0.25, -0.2) is 0 Å². The molecule has 0 aromatic carbocycles. The molecule has 0 unspecified atom stereocenters. The lowest BCUT2D eigenvalue weighted by molar-refractivity contribution is 0.0908. The minimum absolute atomic E-state index is 0.217. The number of carbonyl (C=O) groups is 2. The highest BCUT2D eigenvalue weighted by atomic mass is 16.5. The van der Waals surface area contributed by atoms with E-state index in [0.717, 1.165) is 0 Å². The van der Waals surface area contributed by atoms with Gasteiger partial charge in [0.2, 0.25) is 0 Å². The monoisotopic (exact) mass is 263 g/mol. The van der Waals surface area contributed by atoms with Gasteiger partial charge in [0.15, 0.2) is 11.5 Å². The summed E-state index contributed by atoms with van der Waals surface area (Å²) in [5.74, 6) is 0.135. The number of aryl methyl sites for hydroxylation is 1.